The molecule has 0 saturated carbocycles. The van der Waals surface area contributed by atoms with Crippen LogP contribution < -0.4 is 10.1 Å². The first-order valence-corrected chi connectivity index (χ1v) is 8.75. The van der Waals surface area contributed by atoms with E-state index in [0.29, 0.717) is 11.1 Å². The molecule has 8 nitrogen and oxygen atoms in total. The van der Waals surface area contributed by atoms with Crippen LogP contribution >= 0.6 is 0 Å². The van der Waals surface area contributed by atoms with E-state index in [-0.39, 0.29) is 23.5 Å². The van der Waals surface area contributed by atoms with Crippen molar-refractivity contribution in [3.63, 3.8) is 0 Å². The maximum atomic E-state index is 12.1. The normalized spacial score (nSPS) is 10.7. The number of carbonyl (C=O) groups excluding carboxylic acids is 1. The number of rotatable bonds is 6. The van der Waals surface area contributed by atoms with Gasteiger partial charge in [-0.05, 0) is 56.2 Å². The molecule has 0 saturated heterocycles. The maximum Gasteiger partial charge on any atom is 0.354 e. The smallest absolute Gasteiger partial charge is 0.354 e. The number of ether oxygens (including phenoxy) is 2. The maximum absolute atomic E-state index is 12.1. The van der Waals surface area contributed by atoms with Gasteiger partial charge in [0.15, 0.2) is 0 Å². The van der Waals surface area contributed by atoms with Crippen LogP contribution in [-0.2, 0) is 4.74 Å². The number of nitro groups is 1. The summed E-state index contributed by atoms with van der Waals surface area (Å²) in [4.78, 5) is 25.8. The molecule has 2 aromatic carbocycles. The van der Waals surface area contributed by atoms with Crippen molar-refractivity contribution in [2.45, 2.75) is 20.8 Å². The van der Waals surface area contributed by atoms with Crippen molar-refractivity contribution in [1.29, 1.82) is 0 Å². The molecule has 2 N–H and O–H groups in total. The fourth-order valence-electron chi connectivity index (χ4n) is 3.28. The number of aryl methyl sites for hydroxylation is 2. The summed E-state index contributed by atoms with van der Waals surface area (Å²) in [6, 6.07) is 8.44. The third-order valence-electron chi connectivity index (χ3n) is 4.41. The average molecular weight is 383 g/mol. The summed E-state index contributed by atoms with van der Waals surface area (Å²) in [5, 5.41) is 15.2. The van der Waals surface area contributed by atoms with E-state index in [9.17, 15) is 14.9 Å². The topological polar surface area (TPSA) is 106 Å². The number of methoxy groups -OCH3 is 1. The lowest BCUT2D eigenvalue weighted by Gasteiger charge is -2.13. The minimum atomic E-state index is -0.560. The van der Waals surface area contributed by atoms with Crippen molar-refractivity contribution < 1.29 is 19.2 Å². The molecule has 0 aliphatic heterocycles. The molecule has 28 heavy (non-hydrogen) atoms. The van der Waals surface area contributed by atoms with Crippen LogP contribution in [0.3, 0.4) is 0 Å². The Bertz CT molecular complexity index is 1050. The number of fused-ring (bicyclic) bond motifs is 1. The largest absolute Gasteiger partial charge is 0.496 e. The molecule has 0 bridgehead atoms. The van der Waals surface area contributed by atoms with Crippen molar-refractivity contribution >= 4 is 33.9 Å². The molecule has 0 aliphatic rings. The lowest BCUT2D eigenvalue weighted by atomic mass is 10.1. The number of benzene rings is 2. The highest BCUT2D eigenvalue weighted by molar-refractivity contribution is 6.04. The van der Waals surface area contributed by atoms with E-state index in [1.807, 2.05) is 26.0 Å². The fourth-order valence-corrected chi connectivity index (χ4v) is 3.28. The SMILES string of the molecule is CCOC(=O)c1cc2c(Nc3cc(C)c(OC)c(C)c3)ccc([N+](=O)[O-])c2[nH]1. The Balaban J connectivity index is 2.10. The Morgan fingerprint density at radius 1 is 1.21 bits per heavy atom. The van der Waals surface area contributed by atoms with Crippen LogP contribution in [0.25, 0.3) is 10.9 Å². The first kappa shape index (κ1) is 19.2. The highest BCUT2D eigenvalue weighted by Crippen LogP contribution is 2.35. The number of hydrogen-bond acceptors (Lipinski definition) is 6. The Morgan fingerprint density at radius 3 is 2.46 bits per heavy atom. The number of esters is 1. The van der Waals surface area contributed by atoms with Crippen LogP contribution in [0.1, 0.15) is 28.5 Å². The monoisotopic (exact) mass is 383 g/mol. The molecule has 3 aromatic rings. The van der Waals surface area contributed by atoms with E-state index in [1.165, 1.54) is 6.07 Å². The van der Waals surface area contributed by atoms with Gasteiger partial charge >= 0.3 is 5.97 Å². The number of anilines is 2. The van der Waals surface area contributed by atoms with Gasteiger partial charge in [0.2, 0.25) is 0 Å². The number of non-ortho nitro benzene ring substituents is 1. The molecule has 0 unspecified atom stereocenters. The Kier molecular flexibility index (Phi) is 5.21. The number of aromatic amines is 1. The minimum Gasteiger partial charge on any atom is -0.496 e. The number of carbonyl (C=O) groups is 1. The zero-order chi connectivity index (χ0) is 20.4. The van der Waals surface area contributed by atoms with Gasteiger partial charge in [-0.1, -0.05) is 0 Å². The lowest BCUT2D eigenvalue weighted by Crippen LogP contribution is -2.04. The molecule has 0 amide bonds. The molecule has 8 heteroatoms. The summed E-state index contributed by atoms with van der Waals surface area (Å²) in [6.07, 6.45) is 0. The van der Waals surface area contributed by atoms with Gasteiger partial charge in [0.25, 0.3) is 5.69 Å². The molecule has 0 radical (unpaired) electrons. The van der Waals surface area contributed by atoms with Gasteiger partial charge in [-0.2, -0.15) is 0 Å². The number of nitro benzene ring substituents is 1. The van der Waals surface area contributed by atoms with Gasteiger partial charge in [0.05, 0.1) is 18.6 Å². The number of hydrogen-bond donors (Lipinski definition) is 2. The van der Waals surface area contributed by atoms with Crippen molar-refractivity contribution in [1.82, 2.24) is 4.98 Å². The van der Waals surface area contributed by atoms with Crippen LogP contribution in [0.4, 0.5) is 17.1 Å². The third kappa shape index (κ3) is 3.48. The van der Waals surface area contributed by atoms with Crippen molar-refractivity contribution in [3.05, 3.63) is 57.3 Å². The van der Waals surface area contributed by atoms with Gasteiger partial charge < -0.3 is 19.8 Å². The van der Waals surface area contributed by atoms with Crippen LogP contribution in [-0.4, -0.2) is 29.6 Å². The Hall–Kier alpha value is -3.55. The zero-order valence-corrected chi connectivity index (χ0v) is 16.1. The Labute approximate surface area is 161 Å². The number of H-pyrrole nitrogens is 1. The molecule has 146 valence electrons. The molecule has 0 fully saturated rings. The summed E-state index contributed by atoms with van der Waals surface area (Å²) in [5.74, 6) is 0.251. The molecule has 0 spiro atoms. The lowest BCUT2D eigenvalue weighted by molar-refractivity contribution is -0.383. The summed E-state index contributed by atoms with van der Waals surface area (Å²) < 4.78 is 10.4. The van der Waals surface area contributed by atoms with Crippen molar-refractivity contribution in [2.75, 3.05) is 19.0 Å². The second-order valence-electron chi connectivity index (χ2n) is 6.35. The van der Waals surface area contributed by atoms with Crippen LogP contribution in [0, 0.1) is 24.0 Å². The van der Waals surface area contributed by atoms with E-state index < -0.39 is 10.9 Å². The number of nitrogens with one attached hydrogen (secondary N) is 2. The summed E-state index contributed by atoms with van der Waals surface area (Å²) >= 11 is 0. The quantitative estimate of drug-likeness (QED) is 0.365. The molecule has 3 rings (SSSR count). The Morgan fingerprint density at radius 2 is 1.89 bits per heavy atom. The zero-order valence-electron chi connectivity index (χ0n) is 16.1. The van der Waals surface area contributed by atoms with Gasteiger partial charge in [0.1, 0.15) is 17.0 Å². The van der Waals surface area contributed by atoms with Crippen LogP contribution in [0.5, 0.6) is 5.75 Å². The van der Waals surface area contributed by atoms with E-state index in [4.69, 9.17) is 9.47 Å². The minimum absolute atomic E-state index is 0.113. The number of nitrogens with zero attached hydrogens (tertiary/aromatic N) is 1. The second-order valence-corrected chi connectivity index (χ2v) is 6.35. The van der Waals surface area contributed by atoms with Crippen LogP contribution in [0.15, 0.2) is 30.3 Å². The molecule has 1 aromatic heterocycles. The summed E-state index contributed by atoms with van der Waals surface area (Å²) in [5.41, 5.74) is 3.68. The van der Waals surface area contributed by atoms with Crippen LogP contribution in [0.2, 0.25) is 0 Å². The van der Waals surface area contributed by atoms with Gasteiger partial charge in [-0.25, -0.2) is 4.79 Å². The summed E-state index contributed by atoms with van der Waals surface area (Å²) in [6.45, 7) is 5.80. The molecule has 0 aliphatic carbocycles. The van der Waals surface area contributed by atoms with Gasteiger partial charge in [0, 0.05) is 22.8 Å². The van der Waals surface area contributed by atoms with Gasteiger partial charge in [-0.15, -0.1) is 0 Å². The highest BCUT2D eigenvalue weighted by atomic mass is 16.6. The first-order valence-electron chi connectivity index (χ1n) is 8.75. The molecule has 0 atom stereocenters. The second kappa shape index (κ2) is 7.59. The molecular weight excluding hydrogens is 362 g/mol. The van der Waals surface area contributed by atoms with Crippen molar-refractivity contribution in [3.8, 4) is 5.75 Å². The first-order chi connectivity index (χ1) is 13.3. The molecule has 1 heterocycles. The predicted octanol–water partition coefficient (Wildman–Crippen LogP) is 4.62. The average Bonchev–Trinajstić information content (AvgIpc) is 3.07. The van der Waals surface area contributed by atoms with E-state index in [2.05, 4.69) is 10.3 Å². The van der Waals surface area contributed by atoms with E-state index in [1.54, 1.807) is 26.2 Å². The van der Waals surface area contributed by atoms with Gasteiger partial charge in [-0.3, -0.25) is 10.1 Å². The van der Waals surface area contributed by atoms with E-state index >= 15 is 0 Å². The number of aromatic nitrogens is 1. The predicted molar refractivity (Wildman–Crippen MR) is 107 cm³/mol. The fraction of sp³-hybridized carbons (Fsp3) is 0.250. The highest BCUT2D eigenvalue weighted by Gasteiger charge is 2.20. The standard InChI is InChI=1S/C20H21N3O5/c1-5-28-20(24)16-10-14-15(6-7-17(23(25)26)18(14)22-16)21-13-8-11(2)19(27-4)12(3)9-13/h6-10,21-22H,5H2,1-4H3. The van der Waals surface area contributed by atoms with Crippen molar-refractivity contribution in [2.24, 2.45) is 0 Å². The molecular formula is C20H21N3O5. The van der Waals surface area contributed by atoms with E-state index in [0.717, 1.165) is 22.6 Å². The summed E-state index contributed by atoms with van der Waals surface area (Å²) in [7, 11) is 1.62. The third-order valence-corrected chi connectivity index (χ3v) is 4.41.